The van der Waals surface area contributed by atoms with Crippen LogP contribution in [0.1, 0.15) is 18.5 Å². The minimum absolute atomic E-state index is 0.361. The summed E-state index contributed by atoms with van der Waals surface area (Å²) in [6, 6.07) is 4.60. The summed E-state index contributed by atoms with van der Waals surface area (Å²) < 4.78 is 0. The molecule has 0 spiro atoms. The normalized spacial score (nSPS) is 19.5. The average molecular weight is 264 g/mol. The molecular formula is C13H20N4S. The van der Waals surface area contributed by atoms with E-state index in [1.165, 1.54) is 18.5 Å². The lowest BCUT2D eigenvalue weighted by Crippen LogP contribution is -2.37. The van der Waals surface area contributed by atoms with Crippen molar-refractivity contribution >= 4 is 22.9 Å². The average Bonchev–Trinajstić information content (AvgIpc) is 2.76. The van der Waals surface area contributed by atoms with Crippen LogP contribution in [-0.4, -0.2) is 48.1 Å². The van der Waals surface area contributed by atoms with E-state index < -0.39 is 0 Å². The fourth-order valence-electron chi connectivity index (χ4n) is 2.52. The zero-order chi connectivity index (χ0) is 13.1. The Morgan fingerprint density at radius 2 is 2.39 bits per heavy atom. The number of thiocarbonyl (C=S) groups is 1. The van der Waals surface area contributed by atoms with Gasteiger partial charge in [0.15, 0.2) is 0 Å². The molecule has 2 heterocycles. The van der Waals surface area contributed by atoms with Gasteiger partial charge in [-0.15, -0.1) is 0 Å². The third-order valence-electron chi connectivity index (χ3n) is 3.28. The fraction of sp³-hybridized carbons (Fsp3) is 0.538. The van der Waals surface area contributed by atoms with Gasteiger partial charge in [-0.2, -0.15) is 0 Å². The first kappa shape index (κ1) is 13.2. The second-order valence-electron chi connectivity index (χ2n) is 5.02. The first-order chi connectivity index (χ1) is 8.58. The molecule has 0 aliphatic carbocycles. The van der Waals surface area contributed by atoms with Crippen LogP contribution in [0, 0.1) is 0 Å². The van der Waals surface area contributed by atoms with Crippen LogP contribution in [0.25, 0.3) is 0 Å². The van der Waals surface area contributed by atoms with Crippen molar-refractivity contribution < 1.29 is 0 Å². The molecule has 98 valence electrons. The van der Waals surface area contributed by atoms with Crippen molar-refractivity contribution in [1.29, 1.82) is 0 Å². The van der Waals surface area contributed by atoms with Gasteiger partial charge in [0.05, 0.1) is 5.69 Å². The van der Waals surface area contributed by atoms with Crippen molar-refractivity contribution in [2.45, 2.75) is 18.9 Å². The molecule has 1 aliphatic heterocycles. The van der Waals surface area contributed by atoms with Gasteiger partial charge in [0.25, 0.3) is 0 Å². The van der Waals surface area contributed by atoms with Crippen molar-refractivity contribution in [3.63, 3.8) is 0 Å². The van der Waals surface area contributed by atoms with Crippen molar-refractivity contribution in [3.05, 3.63) is 24.0 Å². The van der Waals surface area contributed by atoms with Gasteiger partial charge < -0.3 is 15.5 Å². The van der Waals surface area contributed by atoms with Crippen molar-refractivity contribution in [1.82, 2.24) is 9.88 Å². The molecule has 1 unspecified atom stereocenters. The number of aromatic nitrogens is 1. The predicted octanol–water partition coefficient (Wildman–Crippen LogP) is 1.25. The summed E-state index contributed by atoms with van der Waals surface area (Å²) in [6.45, 7) is 2.17. The summed E-state index contributed by atoms with van der Waals surface area (Å²) in [5.41, 5.74) is 7.52. The van der Waals surface area contributed by atoms with Crippen LogP contribution >= 0.6 is 12.2 Å². The highest BCUT2D eigenvalue weighted by molar-refractivity contribution is 7.80. The number of hydrogen-bond acceptors (Lipinski definition) is 4. The summed E-state index contributed by atoms with van der Waals surface area (Å²) in [7, 11) is 4.23. The number of pyridine rings is 1. The second kappa shape index (κ2) is 5.63. The molecule has 0 saturated carbocycles. The summed E-state index contributed by atoms with van der Waals surface area (Å²) in [6.07, 6.45) is 4.26. The predicted molar refractivity (Wildman–Crippen MR) is 79.0 cm³/mol. The molecule has 1 saturated heterocycles. The molecule has 18 heavy (non-hydrogen) atoms. The Labute approximate surface area is 114 Å². The first-order valence-corrected chi connectivity index (χ1v) is 6.66. The lowest BCUT2D eigenvalue weighted by Gasteiger charge is -2.29. The van der Waals surface area contributed by atoms with E-state index in [4.69, 9.17) is 18.0 Å². The van der Waals surface area contributed by atoms with E-state index in [1.807, 2.05) is 12.1 Å². The molecule has 0 aromatic carbocycles. The van der Waals surface area contributed by atoms with E-state index in [9.17, 15) is 0 Å². The van der Waals surface area contributed by atoms with Crippen LogP contribution in [0.4, 0.5) is 5.69 Å². The largest absolute Gasteiger partial charge is 0.388 e. The third kappa shape index (κ3) is 2.97. The molecule has 0 amide bonds. The van der Waals surface area contributed by atoms with E-state index in [0.717, 1.165) is 13.1 Å². The quantitative estimate of drug-likeness (QED) is 0.829. The smallest absolute Gasteiger partial charge is 0.122 e. The minimum atomic E-state index is 0.361. The number of nitrogens with two attached hydrogens (primary N) is 1. The monoisotopic (exact) mass is 264 g/mol. The van der Waals surface area contributed by atoms with E-state index in [-0.39, 0.29) is 0 Å². The highest BCUT2D eigenvalue weighted by Gasteiger charge is 2.25. The van der Waals surface area contributed by atoms with Crippen LogP contribution in [0.2, 0.25) is 0 Å². The molecule has 0 radical (unpaired) electrons. The molecule has 0 bridgehead atoms. The topological polar surface area (TPSA) is 45.4 Å². The zero-order valence-corrected chi connectivity index (χ0v) is 11.8. The molecule has 4 nitrogen and oxygen atoms in total. The van der Waals surface area contributed by atoms with E-state index >= 15 is 0 Å². The number of nitrogens with zero attached hydrogens (tertiary/aromatic N) is 3. The standard InChI is InChI=1S/C13H20N4S/c1-16(2)9-11-4-3-7-17(11)10-5-6-15-12(8-10)13(14)18/h5-6,8,11H,3-4,7,9H2,1-2H3,(H2,14,18). The van der Waals surface area contributed by atoms with Crippen molar-refractivity contribution in [3.8, 4) is 0 Å². The van der Waals surface area contributed by atoms with Crippen molar-refractivity contribution in [2.24, 2.45) is 5.73 Å². The molecule has 1 fully saturated rings. The Kier molecular flexibility index (Phi) is 4.14. The van der Waals surface area contributed by atoms with Gasteiger partial charge >= 0.3 is 0 Å². The molecule has 5 heteroatoms. The van der Waals surface area contributed by atoms with E-state index in [1.54, 1.807) is 6.20 Å². The highest BCUT2D eigenvalue weighted by Crippen LogP contribution is 2.25. The van der Waals surface area contributed by atoms with Gasteiger partial charge in [-0.05, 0) is 39.1 Å². The van der Waals surface area contributed by atoms with Gasteiger partial charge in [-0.3, -0.25) is 4.98 Å². The lowest BCUT2D eigenvalue weighted by molar-refractivity contribution is 0.372. The Morgan fingerprint density at radius 3 is 3.06 bits per heavy atom. The number of rotatable bonds is 4. The fourth-order valence-corrected chi connectivity index (χ4v) is 2.63. The van der Waals surface area contributed by atoms with Crippen LogP contribution < -0.4 is 10.6 Å². The van der Waals surface area contributed by atoms with Gasteiger partial charge in [0.2, 0.25) is 0 Å². The van der Waals surface area contributed by atoms with E-state index in [2.05, 4.69) is 28.9 Å². The Hall–Kier alpha value is -1.20. The van der Waals surface area contributed by atoms with Crippen LogP contribution in [0.15, 0.2) is 18.3 Å². The molecule has 2 N–H and O–H groups in total. The van der Waals surface area contributed by atoms with Crippen molar-refractivity contribution in [2.75, 3.05) is 32.1 Å². The Morgan fingerprint density at radius 1 is 1.61 bits per heavy atom. The SMILES string of the molecule is CN(C)CC1CCCN1c1ccnc(C(N)=S)c1. The van der Waals surface area contributed by atoms with Crippen LogP contribution in [0.5, 0.6) is 0 Å². The van der Waals surface area contributed by atoms with Crippen LogP contribution in [-0.2, 0) is 0 Å². The molecule has 2 rings (SSSR count). The summed E-state index contributed by atoms with van der Waals surface area (Å²) in [5.74, 6) is 0. The Bertz CT molecular complexity index is 433. The molecular weight excluding hydrogens is 244 g/mol. The molecule has 1 aromatic heterocycles. The summed E-state index contributed by atoms with van der Waals surface area (Å²) >= 11 is 4.98. The zero-order valence-electron chi connectivity index (χ0n) is 11.0. The summed E-state index contributed by atoms with van der Waals surface area (Å²) in [4.78, 5) is 9.22. The second-order valence-corrected chi connectivity index (χ2v) is 5.46. The third-order valence-corrected chi connectivity index (χ3v) is 3.49. The van der Waals surface area contributed by atoms with Gasteiger partial charge in [0.1, 0.15) is 4.99 Å². The Balaban J connectivity index is 2.19. The lowest BCUT2D eigenvalue weighted by atomic mass is 10.2. The molecule has 1 atom stereocenters. The van der Waals surface area contributed by atoms with Gasteiger partial charge in [0, 0.05) is 31.0 Å². The van der Waals surface area contributed by atoms with Gasteiger partial charge in [-0.1, -0.05) is 12.2 Å². The van der Waals surface area contributed by atoms with E-state index in [0.29, 0.717) is 16.7 Å². The van der Waals surface area contributed by atoms with Gasteiger partial charge in [-0.25, -0.2) is 0 Å². The number of likely N-dealkylation sites (N-methyl/N-ethyl adjacent to an activating group) is 1. The summed E-state index contributed by atoms with van der Waals surface area (Å²) in [5, 5.41) is 0. The maximum atomic E-state index is 5.64. The first-order valence-electron chi connectivity index (χ1n) is 6.25. The number of hydrogen-bond donors (Lipinski definition) is 1. The highest BCUT2D eigenvalue weighted by atomic mass is 32.1. The number of anilines is 1. The maximum absolute atomic E-state index is 5.64. The minimum Gasteiger partial charge on any atom is -0.388 e. The molecule has 1 aliphatic rings. The van der Waals surface area contributed by atoms with Crippen LogP contribution in [0.3, 0.4) is 0 Å². The maximum Gasteiger partial charge on any atom is 0.122 e. The molecule has 1 aromatic rings.